The molecule has 1 amide bonds. The van der Waals surface area contributed by atoms with E-state index in [-0.39, 0.29) is 18.6 Å². The molecule has 1 aliphatic rings. The maximum atomic E-state index is 13.0. The summed E-state index contributed by atoms with van der Waals surface area (Å²) in [4.78, 5) is 15.0. The molecule has 1 atom stereocenters. The van der Waals surface area contributed by atoms with E-state index in [1.54, 1.807) is 7.11 Å². The molecule has 0 bridgehead atoms. The Labute approximate surface area is 149 Å². The maximum absolute atomic E-state index is 13.0. The van der Waals surface area contributed by atoms with Gasteiger partial charge in [-0.3, -0.25) is 4.79 Å². The topological polar surface area (TPSA) is 49.8 Å². The molecule has 1 aliphatic heterocycles. The van der Waals surface area contributed by atoms with E-state index in [4.69, 9.17) is 9.84 Å². The van der Waals surface area contributed by atoms with E-state index >= 15 is 0 Å². The van der Waals surface area contributed by atoms with Crippen LogP contribution in [0, 0.1) is 0 Å². The van der Waals surface area contributed by atoms with Gasteiger partial charge in [0.1, 0.15) is 5.75 Å². The van der Waals surface area contributed by atoms with Gasteiger partial charge in [0.15, 0.2) is 0 Å². The molecule has 132 valence electrons. The molecule has 1 saturated heterocycles. The van der Waals surface area contributed by atoms with Gasteiger partial charge < -0.3 is 14.7 Å². The maximum Gasteiger partial charge on any atom is 0.254 e. The second-order valence-corrected chi connectivity index (χ2v) is 6.44. The molecule has 4 heteroatoms. The Bertz CT molecular complexity index is 714. The Morgan fingerprint density at radius 3 is 2.76 bits per heavy atom. The normalized spacial score (nSPS) is 16.9. The summed E-state index contributed by atoms with van der Waals surface area (Å²) in [6.07, 6.45) is 3.66. The first kappa shape index (κ1) is 17.5. The van der Waals surface area contributed by atoms with Crippen LogP contribution in [0.1, 0.15) is 36.0 Å². The summed E-state index contributed by atoms with van der Waals surface area (Å²) in [6, 6.07) is 15.9. The number of rotatable bonds is 6. The van der Waals surface area contributed by atoms with Gasteiger partial charge >= 0.3 is 0 Å². The van der Waals surface area contributed by atoms with E-state index in [2.05, 4.69) is 0 Å². The summed E-state index contributed by atoms with van der Waals surface area (Å²) in [5, 5.41) is 9.07. The largest absolute Gasteiger partial charge is 0.496 e. The number of carbonyl (C=O) groups is 1. The van der Waals surface area contributed by atoms with Gasteiger partial charge in [-0.2, -0.15) is 0 Å². The molecule has 2 aromatic rings. The van der Waals surface area contributed by atoms with Crippen molar-refractivity contribution < 1.29 is 14.6 Å². The second kappa shape index (κ2) is 8.17. The first-order valence-corrected chi connectivity index (χ1v) is 8.90. The Morgan fingerprint density at radius 1 is 1.24 bits per heavy atom. The van der Waals surface area contributed by atoms with Crippen molar-refractivity contribution >= 4 is 5.91 Å². The molecule has 25 heavy (non-hydrogen) atoms. The Kier molecular flexibility index (Phi) is 5.71. The van der Waals surface area contributed by atoms with Gasteiger partial charge in [0.05, 0.1) is 7.11 Å². The lowest BCUT2D eigenvalue weighted by atomic mass is 10.0. The highest BCUT2D eigenvalue weighted by Gasteiger charge is 2.29. The van der Waals surface area contributed by atoms with Gasteiger partial charge in [0.25, 0.3) is 5.91 Å². The number of aliphatic hydroxyl groups excluding tert-OH is 1. The van der Waals surface area contributed by atoms with Crippen molar-refractivity contribution in [2.75, 3.05) is 20.3 Å². The van der Waals surface area contributed by atoms with Crippen molar-refractivity contribution in [1.29, 1.82) is 0 Å². The van der Waals surface area contributed by atoms with Crippen LogP contribution in [-0.4, -0.2) is 42.2 Å². The summed E-state index contributed by atoms with van der Waals surface area (Å²) in [5.74, 6) is 0.835. The van der Waals surface area contributed by atoms with Crippen LogP contribution >= 0.6 is 0 Å². The van der Waals surface area contributed by atoms with Gasteiger partial charge in [-0.1, -0.05) is 30.3 Å². The average Bonchev–Trinajstić information content (AvgIpc) is 3.14. The molecule has 0 spiro atoms. The molecule has 1 N–H and O–H groups in total. The Hall–Kier alpha value is -2.33. The van der Waals surface area contributed by atoms with Crippen LogP contribution in [0.3, 0.4) is 0 Å². The number of nitrogens with zero attached hydrogens (tertiary/aromatic N) is 1. The standard InChI is InChI=1S/C21H25NO3/c1-25-20-12-11-17(15-19(20)16-7-3-2-4-8-16)21(24)22-13-5-9-18(22)10-6-14-23/h2-4,7-8,11-12,15,18,23H,5-6,9-10,13-14H2,1H3. The summed E-state index contributed by atoms with van der Waals surface area (Å²) >= 11 is 0. The highest BCUT2D eigenvalue weighted by Crippen LogP contribution is 2.32. The molecule has 4 nitrogen and oxygen atoms in total. The SMILES string of the molecule is COc1ccc(C(=O)N2CCCC2CCCO)cc1-c1ccccc1. The second-order valence-electron chi connectivity index (χ2n) is 6.44. The summed E-state index contributed by atoms with van der Waals surface area (Å²) in [7, 11) is 1.65. The number of aliphatic hydroxyl groups is 1. The number of hydrogen-bond donors (Lipinski definition) is 1. The molecule has 0 aromatic heterocycles. The van der Waals surface area contributed by atoms with Gasteiger partial charge in [-0.05, 0) is 49.4 Å². The van der Waals surface area contributed by atoms with E-state index in [1.165, 1.54) is 0 Å². The number of benzene rings is 2. The number of methoxy groups -OCH3 is 1. The predicted octanol–water partition coefficient (Wildman–Crippen LogP) is 3.74. The van der Waals surface area contributed by atoms with Gasteiger partial charge in [-0.25, -0.2) is 0 Å². The van der Waals surface area contributed by atoms with Crippen LogP contribution in [0.25, 0.3) is 11.1 Å². The number of amides is 1. The van der Waals surface area contributed by atoms with Crippen molar-refractivity contribution in [3.63, 3.8) is 0 Å². The lowest BCUT2D eigenvalue weighted by molar-refractivity contribution is 0.0724. The van der Waals surface area contributed by atoms with Crippen molar-refractivity contribution in [3.8, 4) is 16.9 Å². The smallest absolute Gasteiger partial charge is 0.254 e. The van der Waals surface area contributed by atoms with Crippen LogP contribution in [0.5, 0.6) is 5.75 Å². The lowest BCUT2D eigenvalue weighted by Crippen LogP contribution is -2.35. The summed E-state index contributed by atoms with van der Waals surface area (Å²) in [5.41, 5.74) is 2.66. The third-order valence-corrected chi connectivity index (χ3v) is 4.86. The average molecular weight is 339 g/mol. The van der Waals surface area contributed by atoms with Crippen molar-refractivity contribution in [2.24, 2.45) is 0 Å². The molecule has 0 aliphatic carbocycles. The van der Waals surface area contributed by atoms with E-state index in [1.807, 2.05) is 53.4 Å². The molecular weight excluding hydrogens is 314 g/mol. The van der Waals surface area contributed by atoms with Crippen molar-refractivity contribution in [3.05, 3.63) is 54.1 Å². The molecule has 0 radical (unpaired) electrons. The molecule has 1 fully saturated rings. The minimum Gasteiger partial charge on any atom is -0.496 e. The quantitative estimate of drug-likeness (QED) is 0.872. The zero-order chi connectivity index (χ0) is 17.6. The molecule has 1 heterocycles. The minimum atomic E-state index is 0.0697. The number of carbonyl (C=O) groups excluding carboxylic acids is 1. The monoisotopic (exact) mass is 339 g/mol. The third-order valence-electron chi connectivity index (χ3n) is 4.86. The van der Waals surface area contributed by atoms with Crippen molar-refractivity contribution in [1.82, 2.24) is 4.90 Å². The van der Waals surface area contributed by atoms with E-state index in [9.17, 15) is 4.79 Å². The fourth-order valence-electron chi connectivity index (χ4n) is 3.58. The number of likely N-dealkylation sites (tertiary alicyclic amines) is 1. The molecule has 1 unspecified atom stereocenters. The van der Waals surface area contributed by atoms with Gasteiger partial charge in [0, 0.05) is 30.3 Å². The molecule has 3 rings (SSSR count). The van der Waals surface area contributed by atoms with E-state index in [0.717, 1.165) is 49.1 Å². The lowest BCUT2D eigenvalue weighted by Gasteiger charge is -2.25. The fourth-order valence-corrected chi connectivity index (χ4v) is 3.58. The highest BCUT2D eigenvalue weighted by atomic mass is 16.5. The van der Waals surface area contributed by atoms with Gasteiger partial charge in [0.2, 0.25) is 0 Å². The van der Waals surface area contributed by atoms with Crippen LogP contribution in [0.2, 0.25) is 0 Å². The van der Waals surface area contributed by atoms with Crippen LogP contribution in [0.4, 0.5) is 0 Å². The minimum absolute atomic E-state index is 0.0697. The Morgan fingerprint density at radius 2 is 2.04 bits per heavy atom. The zero-order valence-electron chi connectivity index (χ0n) is 14.6. The predicted molar refractivity (Wildman–Crippen MR) is 98.8 cm³/mol. The molecule has 0 saturated carbocycles. The van der Waals surface area contributed by atoms with E-state index in [0.29, 0.717) is 5.56 Å². The van der Waals surface area contributed by atoms with Gasteiger partial charge in [-0.15, -0.1) is 0 Å². The van der Waals surface area contributed by atoms with Crippen LogP contribution in [-0.2, 0) is 0 Å². The van der Waals surface area contributed by atoms with Crippen molar-refractivity contribution in [2.45, 2.75) is 31.7 Å². The van der Waals surface area contributed by atoms with Crippen LogP contribution in [0.15, 0.2) is 48.5 Å². The van der Waals surface area contributed by atoms with E-state index < -0.39 is 0 Å². The third kappa shape index (κ3) is 3.85. The summed E-state index contributed by atoms with van der Waals surface area (Å²) in [6.45, 7) is 0.973. The fraction of sp³-hybridized carbons (Fsp3) is 0.381. The Balaban J connectivity index is 1.88. The summed E-state index contributed by atoms with van der Waals surface area (Å²) < 4.78 is 5.48. The molecule has 2 aromatic carbocycles. The zero-order valence-corrected chi connectivity index (χ0v) is 14.6. The highest BCUT2D eigenvalue weighted by molar-refractivity contribution is 5.96. The number of ether oxygens (including phenoxy) is 1. The molecular formula is C21H25NO3. The first-order chi connectivity index (χ1) is 12.2. The van der Waals surface area contributed by atoms with Crippen LogP contribution < -0.4 is 4.74 Å². The number of hydrogen-bond acceptors (Lipinski definition) is 3. The first-order valence-electron chi connectivity index (χ1n) is 8.90.